The molecule has 0 unspecified atom stereocenters. The molecular weight excluding hydrogens is 809 g/mol. The zero-order valence-electron chi connectivity index (χ0n) is 34.9. The van der Waals surface area contributed by atoms with E-state index in [1.54, 1.807) is 73.3 Å². The van der Waals surface area contributed by atoms with Crippen molar-refractivity contribution >= 4 is 92.7 Å². The van der Waals surface area contributed by atoms with E-state index in [1.807, 2.05) is 48.6 Å². The number of nitrogens with zero attached hydrogens (tertiary/aromatic N) is 6. The van der Waals surface area contributed by atoms with Crippen molar-refractivity contribution in [2.75, 3.05) is 21.3 Å². The number of aromatic nitrogens is 8. The summed E-state index contributed by atoms with van der Waals surface area (Å²) in [5.41, 5.74) is 10.1. The highest BCUT2D eigenvalue weighted by Gasteiger charge is 2.24. The van der Waals surface area contributed by atoms with Crippen molar-refractivity contribution in [3.63, 3.8) is 0 Å². The first-order valence-corrected chi connectivity index (χ1v) is 20.1. The summed E-state index contributed by atoms with van der Waals surface area (Å²) in [6.45, 7) is 5.71. The molecule has 16 nitrogen and oxygen atoms in total. The van der Waals surface area contributed by atoms with Gasteiger partial charge in [0.25, 0.3) is 0 Å². The largest absolute Gasteiger partial charge is 0.354 e. The SMILES string of the molecule is CC(=O)Nc1cccnc1-c1c2nc(c(-c3ncccc3NC(C)=O)c3ccc([nH]3)c(-c3ncccc3NC(C)=O)c3nc(c(-c4ncccc4NC(C)=O)c4ccc1[nH]4)C=C3)C=C2. The number of pyridine rings is 4. The van der Waals surface area contributed by atoms with Crippen LogP contribution in [0.1, 0.15) is 50.5 Å². The Bertz CT molecular complexity index is 2900. The Labute approximate surface area is 365 Å². The van der Waals surface area contributed by atoms with E-state index in [0.29, 0.717) is 113 Å². The second-order valence-corrected chi connectivity index (χ2v) is 14.8. The fourth-order valence-electron chi connectivity index (χ4n) is 7.78. The normalized spacial score (nSPS) is 11.6. The first kappa shape index (κ1) is 40.5. The summed E-state index contributed by atoms with van der Waals surface area (Å²) in [5.74, 6) is -1.15. The maximum absolute atomic E-state index is 12.6. The van der Waals surface area contributed by atoms with Crippen LogP contribution in [0.25, 0.3) is 91.4 Å². The average molecular weight is 847 g/mol. The first-order chi connectivity index (χ1) is 31.0. The van der Waals surface area contributed by atoms with Crippen molar-refractivity contribution in [1.29, 1.82) is 0 Å². The summed E-state index contributed by atoms with van der Waals surface area (Å²) in [6, 6.07) is 21.5. The van der Waals surface area contributed by atoms with Gasteiger partial charge in [-0.2, -0.15) is 0 Å². The third-order valence-corrected chi connectivity index (χ3v) is 10.2. The lowest BCUT2D eigenvalue weighted by Gasteiger charge is -2.12. The van der Waals surface area contributed by atoms with Crippen LogP contribution in [-0.4, -0.2) is 63.5 Å². The summed E-state index contributed by atoms with van der Waals surface area (Å²) >= 11 is 0. The number of anilines is 4. The van der Waals surface area contributed by atoms with Gasteiger partial charge < -0.3 is 31.2 Å². The first-order valence-electron chi connectivity index (χ1n) is 20.1. The highest BCUT2D eigenvalue weighted by molar-refractivity contribution is 6.05. The molecule has 0 saturated carbocycles. The highest BCUT2D eigenvalue weighted by Crippen LogP contribution is 2.41. The van der Waals surface area contributed by atoms with E-state index >= 15 is 0 Å². The third kappa shape index (κ3) is 7.89. The fourth-order valence-corrected chi connectivity index (χ4v) is 7.78. The van der Waals surface area contributed by atoms with Gasteiger partial charge in [-0.15, -0.1) is 0 Å². The molecule has 0 spiro atoms. The van der Waals surface area contributed by atoms with Crippen LogP contribution in [-0.2, 0) is 19.2 Å². The monoisotopic (exact) mass is 846 g/mol. The van der Waals surface area contributed by atoms with E-state index < -0.39 is 0 Å². The summed E-state index contributed by atoms with van der Waals surface area (Å²) in [4.78, 5) is 87.1. The zero-order valence-corrected chi connectivity index (χ0v) is 34.9. The van der Waals surface area contributed by atoms with Gasteiger partial charge in [0.05, 0.1) is 113 Å². The molecule has 64 heavy (non-hydrogen) atoms. The molecule has 16 heteroatoms. The molecule has 0 radical (unpaired) electrons. The molecule has 9 heterocycles. The molecule has 6 N–H and O–H groups in total. The molecule has 314 valence electrons. The Balaban J connectivity index is 1.50. The summed E-state index contributed by atoms with van der Waals surface area (Å²) in [5, 5.41) is 11.7. The van der Waals surface area contributed by atoms with Gasteiger partial charge in [-0.3, -0.25) is 39.1 Å². The number of nitrogens with one attached hydrogen (secondary N) is 6. The Morgan fingerprint density at radius 2 is 0.609 bits per heavy atom. The maximum atomic E-state index is 12.6. The van der Waals surface area contributed by atoms with Crippen LogP contribution in [0.2, 0.25) is 0 Å². The summed E-state index contributed by atoms with van der Waals surface area (Å²) in [7, 11) is 0. The van der Waals surface area contributed by atoms with Crippen LogP contribution < -0.4 is 21.3 Å². The number of aromatic amines is 2. The lowest BCUT2D eigenvalue weighted by Crippen LogP contribution is -2.08. The maximum Gasteiger partial charge on any atom is 0.221 e. The molecule has 2 aliphatic rings. The van der Waals surface area contributed by atoms with Gasteiger partial charge in [0.15, 0.2) is 0 Å². The van der Waals surface area contributed by atoms with Crippen molar-refractivity contribution < 1.29 is 19.2 Å². The molecule has 7 aromatic heterocycles. The van der Waals surface area contributed by atoms with Gasteiger partial charge in [0, 0.05) is 52.5 Å². The summed E-state index contributed by atoms with van der Waals surface area (Å²) < 4.78 is 0. The molecule has 0 fully saturated rings. The number of amides is 4. The van der Waals surface area contributed by atoms with Crippen LogP contribution in [0.4, 0.5) is 22.7 Å². The van der Waals surface area contributed by atoms with Gasteiger partial charge in [0.1, 0.15) is 0 Å². The van der Waals surface area contributed by atoms with E-state index in [2.05, 4.69) is 31.2 Å². The van der Waals surface area contributed by atoms with E-state index in [4.69, 9.17) is 29.9 Å². The predicted molar refractivity (Wildman–Crippen MR) is 249 cm³/mol. The minimum Gasteiger partial charge on any atom is -0.354 e. The average Bonchev–Trinajstić information content (AvgIpc) is 4.11. The quantitative estimate of drug-likeness (QED) is 0.0852. The van der Waals surface area contributed by atoms with Crippen LogP contribution in [0, 0.1) is 0 Å². The van der Waals surface area contributed by atoms with Gasteiger partial charge in [0.2, 0.25) is 23.6 Å². The number of hydrogen-bond acceptors (Lipinski definition) is 10. The highest BCUT2D eigenvalue weighted by atomic mass is 16.2. The number of carbonyl (C=O) groups is 4. The van der Waals surface area contributed by atoms with E-state index in [1.165, 1.54) is 27.7 Å². The van der Waals surface area contributed by atoms with Gasteiger partial charge in [-0.25, -0.2) is 9.97 Å². The number of fused-ring (bicyclic) bond motifs is 8. The standard InChI is InChI=1S/C48H38N12O4/c1-25(61)53-37-9-5-21-49-45(37)41-29-13-15-31(57-29)42(46-38(54-26(2)62)10-6-22-50-46)33-17-19-35(59-33)44(48-40(56-28(4)64)12-8-24-52-48)36-20-18-34(60-36)43(32-16-14-30(41)58-32)47-39(55-27(3)63)11-7-23-51-47/h5-24,57,60H,1-4H3,(H,53,61)(H,54,62)(H,55,63)(H,56,64). The van der Waals surface area contributed by atoms with Crippen LogP contribution in [0.3, 0.4) is 0 Å². The van der Waals surface area contributed by atoms with Gasteiger partial charge in [-0.1, -0.05) is 0 Å². The lowest BCUT2D eigenvalue weighted by atomic mass is 10.1. The topological polar surface area (TPSA) is 225 Å². The smallest absolute Gasteiger partial charge is 0.221 e. The molecule has 4 amide bonds. The predicted octanol–water partition coefficient (Wildman–Crippen LogP) is 8.74. The second-order valence-electron chi connectivity index (χ2n) is 14.8. The minimum atomic E-state index is -0.286. The number of H-pyrrole nitrogens is 2. The molecule has 0 saturated heterocycles. The van der Waals surface area contributed by atoms with Crippen LogP contribution in [0.5, 0.6) is 0 Å². The Morgan fingerprint density at radius 1 is 0.375 bits per heavy atom. The Kier molecular flexibility index (Phi) is 10.7. The van der Waals surface area contributed by atoms with Crippen LogP contribution >= 0.6 is 0 Å². The fraction of sp³-hybridized carbons (Fsp3) is 0.0833. The molecule has 7 aromatic rings. The Hall–Kier alpha value is -8.92. The van der Waals surface area contributed by atoms with Crippen LogP contribution in [0.15, 0.2) is 97.6 Å². The van der Waals surface area contributed by atoms with Crippen molar-refractivity contribution in [1.82, 2.24) is 39.9 Å². The van der Waals surface area contributed by atoms with Crippen molar-refractivity contribution in [2.45, 2.75) is 27.7 Å². The molecular formula is C48H38N12O4. The molecule has 9 rings (SSSR count). The van der Waals surface area contributed by atoms with Crippen molar-refractivity contribution in [3.8, 4) is 45.0 Å². The van der Waals surface area contributed by atoms with Crippen molar-refractivity contribution in [3.05, 3.63) is 120 Å². The molecule has 8 bridgehead atoms. The minimum absolute atomic E-state index is 0.286. The number of rotatable bonds is 8. The number of hydrogen-bond donors (Lipinski definition) is 6. The number of carbonyl (C=O) groups excluding carboxylic acids is 4. The molecule has 0 aliphatic carbocycles. The second kappa shape index (κ2) is 16.9. The van der Waals surface area contributed by atoms with E-state index in [0.717, 1.165) is 0 Å². The molecule has 0 atom stereocenters. The Morgan fingerprint density at radius 3 is 0.828 bits per heavy atom. The van der Waals surface area contributed by atoms with E-state index in [9.17, 15) is 19.2 Å². The lowest BCUT2D eigenvalue weighted by molar-refractivity contribution is -0.115. The third-order valence-electron chi connectivity index (χ3n) is 10.2. The zero-order chi connectivity index (χ0) is 44.5. The summed E-state index contributed by atoms with van der Waals surface area (Å²) in [6.07, 6.45) is 14.0. The van der Waals surface area contributed by atoms with Gasteiger partial charge >= 0.3 is 0 Å². The molecule has 2 aliphatic heterocycles. The van der Waals surface area contributed by atoms with E-state index in [-0.39, 0.29) is 23.6 Å². The molecule has 0 aromatic carbocycles. The van der Waals surface area contributed by atoms with Gasteiger partial charge in [-0.05, 0) is 97.1 Å². The van der Waals surface area contributed by atoms with Crippen molar-refractivity contribution in [2.24, 2.45) is 0 Å².